The van der Waals surface area contributed by atoms with Crippen molar-refractivity contribution in [2.75, 3.05) is 24.7 Å². The number of nitrogens with zero attached hydrogens (tertiary/aromatic N) is 1. The van der Waals surface area contributed by atoms with Crippen molar-refractivity contribution in [1.29, 1.82) is 0 Å². The van der Waals surface area contributed by atoms with Crippen molar-refractivity contribution in [2.45, 2.75) is 19.3 Å². The van der Waals surface area contributed by atoms with Crippen LogP contribution in [0.5, 0.6) is 0 Å². The van der Waals surface area contributed by atoms with Gasteiger partial charge in [-0.05, 0) is 43.0 Å². The lowest BCUT2D eigenvalue weighted by atomic mass is 9.98. The van der Waals surface area contributed by atoms with Crippen LogP contribution in [-0.2, 0) is 16.0 Å². The van der Waals surface area contributed by atoms with Gasteiger partial charge >= 0.3 is 0 Å². The molecule has 0 atom stereocenters. The summed E-state index contributed by atoms with van der Waals surface area (Å²) in [5.41, 5.74) is 2.36. The second-order valence-corrected chi connectivity index (χ2v) is 5.82. The van der Waals surface area contributed by atoms with E-state index in [1.807, 2.05) is 17.0 Å². The monoisotopic (exact) mass is 309 g/mol. The summed E-state index contributed by atoms with van der Waals surface area (Å²) in [6.07, 6.45) is 2.69. The standard InChI is InChI=1S/C14H16BrNO2/c15-12-1-2-13-11(9-12)3-6-16(13)14(17)10-4-7-18-8-5-10/h1-2,9-10H,3-8H2. The van der Waals surface area contributed by atoms with E-state index in [1.165, 1.54) is 5.56 Å². The zero-order valence-corrected chi connectivity index (χ0v) is 11.8. The minimum Gasteiger partial charge on any atom is -0.381 e. The lowest BCUT2D eigenvalue weighted by Crippen LogP contribution is -2.37. The summed E-state index contributed by atoms with van der Waals surface area (Å²) in [7, 11) is 0. The van der Waals surface area contributed by atoms with Crippen molar-refractivity contribution in [3.8, 4) is 0 Å². The Balaban J connectivity index is 1.80. The Morgan fingerprint density at radius 2 is 2.11 bits per heavy atom. The number of carbonyl (C=O) groups is 1. The van der Waals surface area contributed by atoms with E-state index in [1.54, 1.807) is 0 Å². The SMILES string of the molecule is O=C(C1CCOCC1)N1CCc2cc(Br)ccc21. The number of carbonyl (C=O) groups excluding carboxylic acids is 1. The topological polar surface area (TPSA) is 29.5 Å². The molecule has 0 radical (unpaired) electrons. The van der Waals surface area contributed by atoms with Gasteiger partial charge in [0, 0.05) is 35.8 Å². The van der Waals surface area contributed by atoms with E-state index in [2.05, 4.69) is 22.0 Å². The Labute approximate surface area is 115 Å². The highest BCUT2D eigenvalue weighted by atomic mass is 79.9. The van der Waals surface area contributed by atoms with Crippen molar-refractivity contribution in [3.63, 3.8) is 0 Å². The Morgan fingerprint density at radius 3 is 2.89 bits per heavy atom. The average molecular weight is 310 g/mol. The first-order valence-electron chi connectivity index (χ1n) is 6.43. The van der Waals surface area contributed by atoms with E-state index in [-0.39, 0.29) is 11.8 Å². The van der Waals surface area contributed by atoms with Crippen LogP contribution in [0.1, 0.15) is 18.4 Å². The second kappa shape index (κ2) is 5.02. The summed E-state index contributed by atoms with van der Waals surface area (Å²) >= 11 is 3.48. The maximum atomic E-state index is 12.5. The summed E-state index contributed by atoms with van der Waals surface area (Å²) in [5.74, 6) is 0.424. The summed E-state index contributed by atoms with van der Waals surface area (Å²) in [5, 5.41) is 0. The molecule has 3 rings (SSSR count). The molecular formula is C14H16BrNO2. The van der Waals surface area contributed by atoms with Gasteiger partial charge in [-0.1, -0.05) is 15.9 Å². The van der Waals surface area contributed by atoms with Crippen LogP contribution in [0.3, 0.4) is 0 Å². The predicted molar refractivity (Wildman–Crippen MR) is 73.7 cm³/mol. The minimum absolute atomic E-state index is 0.147. The van der Waals surface area contributed by atoms with Gasteiger partial charge < -0.3 is 9.64 Å². The predicted octanol–water partition coefficient (Wildman–Crippen LogP) is 2.76. The van der Waals surface area contributed by atoms with Crippen molar-refractivity contribution < 1.29 is 9.53 Å². The molecule has 0 N–H and O–H groups in total. The van der Waals surface area contributed by atoms with Gasteiger partial charge in [0.25, 0.3) is 0 Å². The van der Waals surface area contributed by atoms with E-state index in [9.17, 15) is 4.79 Å². The van der Waals surface area contributed by atoms with Crippen molar-refractivity contribution in [3.05, 3.63) is 28.2 Å². The van der Waals surface area contributed by atoms with Crippen LogP contribution in [0.4, 0.5) is 5.69 Å². The van der Waals surface area contributed by atoms with Gasteiger partial charge in [0.2, 0.25) is 5.91 Å². The molecule has 0 aromatic heterocycles. The number of fused-ring (bicyclic) bond motifs is 1. The lowest BCUT2D eigenvalue weighted by molar-refractivity contribution is -0.125. The zero-order chi connectivity index (χ0) is 12.5. The Morgan fingerprint density at radius 1 is 1.33 bits per heavy atom. The Bertz CT molecular complexity index is 469. The van der Waals surface area contributed by atoms with Crippen LogP contribution >= 0.6 is 15.9 Å². The molecule has 4 heteroatoms. The number of hydrogen-bond acceptors (Lipinski definition) is 2. The molecule has 0 bridgehead atoms. The van der Waals surface area contributed by atoms with E-state index in [4.69, 9.17) is 4.74 Å². The molecule has 0 unspecified atom stereocenters. The van der Waals surface area contributed by atoms with Gasteiger partial charge in [-0.3, -0.25) is 4.79 Å². The van der Waals surface area contributed by atoms with Crippen molar-refractivity contribution in [2.24, 2.45) is 5.92 Å². The highest BCUT2D eigenvalue weighted by Gasteiger charge is 2.31. The van der Waals surface area contributed by atoms with Crippen LogP contribution in [-0.4, -0.2) is 25.7 Å². The van der Waals surface area contributed by atoms with Crippen LogP contribution in [0, 0.1) is 5.92 Å². The van der Waals surface area contributed by atoms with E-state index in [0.29, 0.717) is 0 Å². The Kier molecular flexibility index (Phi) is 3.39. The van der Waals surface area contributed by atoms with Gasteiger partial charge in [0.1, 0.15) is 0 Å². The van der Waals surface area contributed by atoms with Gasteiger partial charge in [-0.2, -0.15) is 0 Å². The fourth-order valence-electron chi connectivity index (χ4n) is 2.76. The highest BCUT2D eigenvalue weighted by Crippen LogP contribution is 2.32. The molecule has 2 aliphatic heterocycles. The first-order valence-corrected chi connectivity index (χ1v) is 7.22. The summed E-state index contributed by atoms with van der Waals surface area (Å²) < 4.78 is 6.41. The Hall–Kier alpha value is -0.870. The number of amides is 1. The molecule has 0 spiro atoms. The molecule has 2 aliphatic rings. The summed E-state index contributed by atoms with van der Waals surface area (Å²) in [4.78, 5) is 14.5. The molecular weight excluding hydrogens is 294 g/mol. The first-order chi connectivity index (χ1) is 8.75. The molecule has 1 amide bonds. The third kappa shape index (κ3) is 2.19. The van der Waals surface area contributed by atoms with Crippen LogP contribution < -0.4 is 4.90 Å². The molecule has 1 aromatic rings. The van der Waals surface area contributed by atoms with Crippen molar-refractivity contribution in [1.82, 2.24) is 0 Å². The number of halogens is 1. The number of ether oxygens (including phenoxy) is 1. The molecule has 1 saturated heterocycles. The fraction of sp³-hybridized carbons (Fsp3) is 0.500. The third-order valence-corrected chi connectivity index (χ3v) is 4.27. The number of hydrogen-bond donors (Lipinski definition) is 0. The van der Waals surface area contributed by atoms with Gasteiger partial charge in [0.15, 0.2) is 0 Å². The quantitative estimate of drug-likeness (QED) is 0.798. The molecule has 0 aliphatic carbocycles. The largest absolute Gasteiger partial charge is 0.381 e. The van der Waals surface area contributed by atoms with Crippen molar-refractivity contribution >= 4 is 27.5 Å². The van der Waals surface area contributed by atoms with E-state index < -0.39 is 0 Å². The number of benzene rings is 1. The molecule has 1 fully saturated rings. The second-order valence-electron chi connectivity index (χ2n) is 4.90. The fourth-order valence-corrected chi connectivity index (χ4v) is 3.17. The zero-order valence-electron chi connectivity index (χ0n) is 10.2. The maximum Gasteiger partial charge on any atom is 0.230 e. The lowest BCUT2D eigenvalue weighted by Gasteiger charge is -2.26. The number of anilines is 1. The molecule has 3 nitrogen and oxygen atoms in total. The summed E-state index contributed by atoms with van der Waals surface area (Å²) in [6, 6.07) is 6.17. The third-order valence-electron chi connectivity index (χ3n) is 3.77. The molecule has 96 valence electrons. The van der Waals surface area contributed by atoms with Gasteiger partial charge in [-0.15, -0.1) is 0 Å². The normalized spacial score (nSPS) is 19.9. The number of rotatable bonds is 1. The van der Waals surface area contributed by atoms with E-state index in [0.717, 1.165) is 49.2 Å². The van der Waals surface area contributed by atoms with Crippen LogP contribution in [0.25, 0.3) is 0 Å². The molecule has 1 aromatic carbocycles. The van der Waals surface area contributed by atoms with E-state index >= 15 is 0 Å². The van der Waals surface area contributed by atoms with Crippen LogP contribution in [0.2, 0.25) is 0 Å². The summed E-state index contributed by atoms with van der Waals surface area (Å²) in [6.45, 7) is 2.26. The first kappa shape index (κ1) is 12.2. The molecule has 0 saturated carbocycles. The highest BCUT2D eigenvalue weighted by molar-refractivity contribution is 9.10. The van der Waals surface area contributed by atoms with Gasteiger partial charge in [0.05, 0.1) is 0 Å². The molecule has 2 heterocycles. The smallest absolute Gasteiger partial charge is 0.230 e. The van der Waals surface area contributed by atoms with Gasteiger partial charge in [-0.25, -0.2) is 0 Å². The van der Waals surface area contributed by atoms with Crippen LogP contribution in [0.15, 0.2) is 22.7 Å². The molecule has 18 heavy (non-hydrogen) atoms. The average Bonchev–Trinajstić information content (AvgIpc) is 2.81. The maximum absolute atomic E-state index is 12.5. The minimum atomic E-state index is 0.147.